The Hall–Kier alpha value is -0.940. The smallest absolute Gasteiger partial charge is 0.0816 e. The van der Waals surface area contributed by atoms with Crippen LogP contribution in [0.4, 0.5) is 0 Å². The van der Waals surface area contributed by atoms with Gasteiger partial charge in [-0.15, -0.1) is 0 Å². The van der Waals surface area contributed by atoms with Crippen LogP contribution in [0.25, 0.3) is 0 Å². The van der Waals surface area contributed by atoms with Gasteiger partial charge in [-0.3, -0.25) is 4.98 Å². The highest BCUT2D eigenvalue weighted by atomic mass is 79.9. The highest BCUT2D eigenvalue weighted by Crippen LogP contribution is 2.28. The molecule has 2 aromatic rings. The van der Waals surface area contributed by atoms with Crippen molar-refractivity contribution in [2.24, 2.45) is 0 Å². The molecule has 0 bridgehead atoms. The zero-order valence-corrected chi connectivity index (χ0v) is 14.2. The van der Waals surface area contributed by atoms with Crippen molar-refractivity contribution in [1.82, 2.24) is 9.88 Å². The van der Waals surface area contributed by atoms with Crippen LogP contribution in [-0.2, 0) is 6.54 Å². The average Bonchev–Trinajstić information content (AvgIpc) is 2.46. The Balaban J connectivity index is 1.87. The van der Waals surface area contributed by atoms with E-state index >= 15 is 0 Å². The standard InChI is InChI=1S/C16H18BrClN2O/c1-20(11-12-3-2-7-19-10-12)8-6-16(21)14-5-4-13(17)9-15(14)18/h2-5,7,9-10,16,21H,6,8,11H2,1H3. The van der Waals surface area contributed by atoms with Crippen LogP contribution < -0.4 is 0 Å². The largest absolute Gasteiger partial charge is 0.388 e. The molecule has 0 aliphatic rings. The van der Waals surface area contributed by atoms with E-state index in [1.807, 2.05) is 37.5 Å². The number of rotatable bonds is 6. The van der Waals surface area contributed by atoms with E-state index in [4.69, 9.17) is 11.6 Å². The third-order valence-corrected chi connectivity index (χ3v) is 4.10. The third-order valence-electron chi connectivity index (χ3n) is 3.28. The summed E-state index contributed by atoms with van der Waals surface area (Å²) in [6.07, 6.45) is 3.71. The fourth-order valence-corrected chi connectivity index (χ4v) is 2.95. The van der Waals surface area contributed by atoms with Crippen molar-refractivity contribution < 1.29 is 5.11 Å². The maximum atomic E-state index is 10.3. The Morgan fingerprint density at radius 3 is 2.86 bits per heavy atom. The van der Waals surface area contributed by atoms with E-state index in [-0.39, 0.29) is 0 Å². The molecule has 1 aromatic heterocycles. The summed E-state index contributed by atoms with van der Waals surface area (Å²) in [6, 6.07) is 9.53. The highest BCUT2D eigenvalue weighted by molar-refractivity contribution is 9.10. The van der Waals surface area contributed by atoms with Crippen molar-refractivity contribution >= 4 is 27.5 Å². The van der Waals surface area contributed by atoms with Gasteiger partial charge < -0.3 is 10.0 Å². The van der Waals surface area contributed by atoms with Gasteiger partial charge in [-0.25, -0.2) is 0 Å². The second kappa shape index (κ2) is 7.90. The summed E-state index contributed by atoms with van der Waals surface area (Å²) < 4.78 is 0.914. The Bertz CT molecular complexity index is 580. The summed E-state index contributed by atoms with van der Waals surface area (Å²) in [5.74, 6) is 0. The first-order chi connectivity index (χ1) is 10.1. The molecule has 1 heterocycles. The van der Waals surface area contributed by atoms with Crippen molar-refractivity contribution in [2.45, 2.75) is 19.1 Å². The minimum atomic E-state index is -0.554. The third kappa shape index (κ3) is 5.08. The van der Waals surface area contributed by atoms with E-state index in [0.29, 0.717) is 11.4 Å². The van der Waals surface area contributed by atoms with E-state index in [1.165, 1.54) is 0 Å². The molecule has 21 heavy (non-hydrogen) atoms. The minimum Gasteiger partial charge on any atom is -0.388 e. The maximum absolute atomic E-state index is 10.3. The van der Waals surface area contributed by atoms with Crippen LogP contribution in [0.15, 0.2) is 47.2 Å². The van der Waals surface area contributed by atoms with Gasteiger partial charge in [-0.1, -0.05) is 39.7 Å². The van der Waals surface area contributed by atoms with Gasteiger partial charge in [0, 0.05) is 35.0 Å². The quantitative estimate of drug-likeness (QED) is 0.834. The van der Waals surface area contributed by atoms with Crippen molar-refractivity contribution in [1.29, 1.82) is 0 Å². The molecule has 0 saturated heterocycles. The Kier molecular flexibility index (Phi) is 6.18. The molecular weight excluding hydrogens is 352 g/mol. The molecule has 1 N–H and O–H groups in total. The summed E-state index contributed by atoms with van der Waals surface area (Å²) in [5, 5.41) is 10.9. The lowest BCUT2D eigenvalue weighted by molar-refractivity contribution is 0.147. The number of aliphatic hydroxyl groups is 1. The van der Waals surface area contributed by atoms with Crippen LogP contribution in [0.3, 0.4) is 0 Å². The summed E-state index contributed by atoms with van der Waals surface area (Å²) in [4.78, 5) is 6.26. The van der Waals surface area contributed by atoms with Gasteiger partial charge in [-0.05, 0) is 42.8 Å². The zero-order valence-electron chi connectivity index (χ0n) is 11.8. The topological polar surface area (TPSA) is 36.4 Å². The monoisotopic (exact) mass is 368 g/mol. The van der Waals surface area contributed by atoms with Crippen molar-refractivity contribution in [3.8, 4) is 0 Å². The Labute approximate surface area is 138 Å². The highest BCUT2D eigenvalue weighted by Gasteiger charge is 2.13. The van der Waals surface area contributed by atoms with Crippen molar-refractivity contribution in [3.63, 3.8) is 0 Å². The second-order valence-electron chi connectivity index (χ2n) is 5.07. The van der Waals surface area contributed by atoms with Crippen molar-refractivity contribution in [2.75, 3.05) is 13.6 Å². The molecule has 3 nitrogen and oxygen atoms in total. The van der Waals surface area contributed by atoms with Gasteiger partial charge in [0.25, 0.3) is 0 Å². The fourth-order valence-electron chi connectivity index (χ4n) is 2.15. The second-order valence-corrected chi connectivity index (χ2v) is 6.39. The van der Waals surface area contributed by atoms with Crippen LogP contribution in [0.5, 0.6) is 0 Å². The van der Waals surface area contributed by atoms with Crippen LogP contribution in [0.1, 0.15) is 23.7 Å². The Morgan fingerprint density at radius 2 is 2.19 bits per heavy atom. The van der Waals surface area contributed by atoms with Gasteiger partial charge in [0.05, 0.1) is 6.10 Å². The molecule has 1 unspecified atom stereocenters. The molecule has 0 radical (unpaired) electrons. The molecular formula is C16H18BrClN2O. The summed E-state index contributed by atoms with van der Waals surface area (Å²) in [7, 11) is 2.03. The number of halogens is 2. The number of aromatic nitrogens is 1. The molecule has 2 rings (SSSR count). The average molecular weight is 370 g/mol. The van der Waals surface area contributed by atoms with Crippen LogP contribution in [0, 0.1) is 0 Å². The van der Waals surface area contributed by atoms with E-state index in [2.05, 4.69) is 25.8 Å². The molecule has 112 valence electrons. The van der Waals surface area contributed by atoms with Gasteiger partial charge in [0.2, 0.25) is 0 Å². The first-order valence-electron chi connectivity index (χ1n) is 6.76. The molecule has 0 amide bonds. The normalized spacial score (nSPS) is 12.6. The SMILES string of the molecule is CN(CCC(O)c1ccc(Br)cc1Cl)Cc1cccnc1. The maximum Gasteiger partial charge on any atom is 0.0816 e. The summed E-state index contributed by atoms with van der Waals surface area (Å²) in [5.41, 5.74) is 1.94. The molecule has 0 fully saturated rings. The molecule has 0 spiro atoms. The summed E-state index contributed by atoms with van der Waals surface area (Å²) >= 11 is 9.52. The predicted molar refractivity (Wildman–Crippen MR) is 89.3 cm³/mol. The zero-order chi connectivity index (χ0) is 15.2. The van der Waals surface area contributed by atoms with Gasteiger partial charge in [0.1, 0.15) is 0 Å². The van der Waals surface area contributed by atoms with Gasteiger partial charge in [0.15, 0.2) is 0 Å². The van der Waals surface area contributed by atoms with Gasteiger partial charge >= 0.3 is 0 Å². The van der Waals surface area contributed by atoms with Crippen LogP contribution in [0.2, 0.25) is 5.02 Å². The molecule has 1 aromatic carbocycles. The lowest BCUT2D eigenvalue weighted by atomic mass is 10.1. The van der Waals surface area contributed by atoms with Crippen LogP contribution >= 0.6 is 27.5 Å². The fraction of sp³-hybridized carbons (Fsp3) is 0.312. The van der Waals surface area contributed by atoms with Gasteiger partial charge in [-0.2, -0.15) is 0 Å². The van der Waals surface area contributed by atoms with Crippen LogP contribution in [-0.4, -0.2) is 28.6 Å². The van der Waals surface area contributed by atoms with E-state index in [9.17, 15) is 5.11 Å². The molecule has 0 aliphatic carbocycles. The first kappa shape index (κ1) is 16.4. The molecule has 1 atom stereocenters. The number of aliphatic hydroxyl groups excluding tert-OH is 1. The number of hydrogen-bond acceptors (Lipinski definition) is 3. The van der Waals surface area contributed by atoms with E-state index in [0.717, 1.165) is 28.7 Å². The van der Waals surface area contributed by atoms with E-state index in [1.54, 1.807) is 12.3 Å². The molecule has 5 heteroatoms. The van der Waals surface area contributed by atoms with E-state index < -0.39 is 6.10 Å². The Morgan fingerprint density at radius 1 is 1.38 bits per heavy atom. The summed E-state index contributed by atoms with van der Waals surface area (Å²) in [6.45, 7) is 1.59. The number of nitrogens with zero attached hydrogens (tertiary/aromatic N) is 2. The molecule has 0 saturated carbocycles. The minimum absolute atomic E-state index is 0.554. The number of benzene rings is 1. The van der Waals surface area contributed by atoms with Crippen molar-refractivity contribution in [3.05, 3.63) is 63.3 Å². The molecule has 0 aliphatic heterocycles. The predicted octanol–water partition coefficient (Wildman–Crippen LogP) is 4.05. The first-order valence-corrected chi connectivity index (χ1v) is 7.94. The lowest BCUT2D eigenvalue weighted by Crippen LogP contribution is -2.21. The lowest BCUT2D eigenvalue weighted by Gasteiger charge is -2.19. The number of hydrogen-bond donors (Lipinski definition) is 1. The number of pyridine rings is 1.